The molecule has 0 aliphatic rings. The summed E-state index contributed by atoms with van der Waals surface area (Å²) in [4.78, 5) is 10.8. The Morgan fingerprint density at radius 3 is 2.82 bits per heavy atom. The number of halogens is 1. The summed E-state index contributed by atoms with van der Waals surface area (Å²) in [6.07, 6.45) is 0.729. The average molecular weight is 174 g/mol. The van der Waals surface area contributed by atoms with Gasteiger partial charge in [-0.15, -0.1) is 0 Å². The van der Waals surface area contributed by atoms with Crippen LogP contribution in [0.15, 0.2) is 11.1 Å². The number of hydrogen-bond donors (Lipinski definition) is 0. The van der Waals surface area contributed by atoms with Crippen molar-refractivity contribution in [2.75, 3.05) is 6.61 Å². The molecule has 0 radical (unpaired) electrons. The molecule has 0 saturated carbocycles. The van der Waals surface area contributed by atoms with Crippen LogP contribution in [0, 0.1) is 11.3 Å². The maximum atomic E-state index is 10.8. The fourth-order valence-electron chi connectivity index (χ4n) is 0.387. The number of esters is 1. The van der Waals surface area contributed by atoms with Crippen LogP contribution in [0.1, 0.15) is 13.3 Å². The van der Waals surface area contributed by atoms with Gasteiger partial charge < -0.3 is 4.74 Å². The molecule has 0 aromatic rings. The Kier molecular flexibility index (Phi) is 5.22. The van der Waals surface area contributed by atoms with Gasteiger partial charge in [0.05, 0.1) is 6.61 Å². The van der Waals surface area contributed by atoms with Crippen LogP contribution in [0.25, 0.3) is 0 Å². The zero-order valence-corrected chi connectivity index (χ0v) is 6.89. The van der Waals surface area contributed by atoms with Gasteiger partial charge in [0.1, 0.15) is 11.6 Å². The first-order valence-corrected chi connectivity index (χ1v) is 3.57. The predicted molar refractivity (Wildman–Crippen MR) is 40.8 cm³/mol. The highest BCUT2D eigenvalue weighted by Crippen LogP contribution is 1.98. The highest BCUT2D eigenvalue weighted by atomic mass is 35.5. The zero-order valence-electron chi connectivity index (χ0n) is 6.13. The summed E-state index contributed by atoms with van der Waals surface area (Å²) in [5.74, 6) is -0.663. The zero-order chi connectivity index (χ0) is 8.69. The first-order chi connectivity index (χ1) is 5.26. The lowest BCUT2D eigenvalue weighted by molar-refractivity contribution is -0.138. The van der Waals surface area contributed by atoms with Crippen molar-refractivity contribution in [3.63, 3.8) is 0 Å². The summed E-state index contributed by atoms with van der Waals surface area (Å²) < 4.78 is 4.62. The minimum Gasteiger partial charge on any atom is -0.462 e. The van der Waals surface area contributed by atoms with Gasteiger partial charge in [0.15, 0.2) is 0 Å². The number of ether oxygens (including phenoxy) is 1. The molecule has 0 atom stereocenters. The molecule has 0 saturated heterocycles. The SMILES string of the molecule is CCCOC(=O)C(C#N)=CCl. The van der Waals surface area contributed by atoms with Gasteiger partial charge >= 0.3 is 5.97 Å². The van der Waals surface area contributed by atoms with E-state index in [0.29, 0.717) is 6.61 Å². The molecule has 0 heterocycles. The van der Waals surface area contributed by atoms with Crippen LogP contribution in [-0.2, 0) is 9.53 Å². The quantitative estimate of drug-likeness (QED) is 0.370. The Labute approximate surface area is 70.2 Å². The van der Waals surface area contributed by atoms with Gasteiger partial charge in [-0.1, -0.05) is 18.5 Å². The van der Waals surface area contributed by atoms with Crippen molar-refractivity contribution in [3.05, 3.63) is 11.1 Å². The van der Waals surface area contributed by atoms with Gasteiger partial charge in [0.25, 0.3) is 0 Å². The maximum absolute atomic E-state index is 10.8. The molecule has 0 aromatic heterocycles. The molecule has 0 fully saturated rings. The molecule has 0 aliphatic carbocycles. The number of nitriles is 1. The van der Waals surface area contributed by atoms with E-state index in [-0.39, 0.29) is 5.57 Å². The lowest BCUT2D eigenvalue weighted by atomic mass is 10.3. The maximum Gasteiger partial charge on any atom is 0.349 e. The molecule has 0 rings (SSSR count). The van der Waals surface area contributed by atoms with Crippen molar-refractivity contribution in [1.82, 2.24) is 0 Å². The topological polar surface area (TPSA) is 50.1 Å². The molecule has 0 N–H and O–H groups in total. The molecule has 0 aromatic carbocycles. The smallest absolute Gasteiger partial charge is 0.349 e. The molecule has 3 nitrogen and oxygen atoms in total. The number of carbonyl (C=O) groups is 1. The lowest BCUT2D eigenvalue weighted by Crippen LogP contribution is -2.06. The van der Waals surface area contributed by atoms with Gasteiger partial charge in [-0.05, 0) is 6.42 Å². The van der Waals surface area contributed by atoms with Gasteiger partial charge in [0, 0.05) is 5.54 Å². The number of carbonyl (C=O) groups excluding carboxylic acids is 1. The summed E-state index contributed by atoms with van der Waals surface area (Å²) >= 11 is 5.16. The van der Waals surface area contributed by atoms with E-state index in [1.54, 1.807) is 6.07 Å². The molecule has 0 spiro atoms. The highest BCUT2D eigenvalue weighted by molar-refractivity contribution is 6.27. The third-order valence-corrected chi connectivity index (χ3v) is 1.10. The lowest BCUT2D eigenvalue weighted by Gasteiger charge is -1.98. The van der Waals surface area contributed by atoms with E-state index in [1.165, 1.54) is 0 Å². The fraction of sp³-hybridized carbons (Fsp3) is 0.429. The third kappa shape index (κ3) is 3.64. The van der Waals surface area contributed by atoms with E-state index in [9.17, 15) is 4.79 Å². The summed E-state index contributed by atoms with van der Waals surface area (Å²) in [7, 11) is 0. The average Bonchev–Trinajstić information content (AvgIpc) is 2.03. The standard InChI is InChI=1S/C7H8ClNO2/c1-2-3-11-7(10)6(4-8)5-9/h4H,2-3H2,1H3. The summed E-state index contributed by atoms with van der Waals surface area (Å²) in [6.45, 7) is 2.18. The molecule has 4 heteroatoms. The van der Waals surface area contributed by atoms with E-state index in [4.69, 9.17) is 16.9 Å². The van der Waals surface area contributed by atoms with Gasteiger partial charge in [-0.3, -0.25) is 0 Å². The van der Waals surface area contributed by atoms with Crippen LogP contribution in [0.2, 0.25) is 0 Å². The summed E-state index contributed by atoms with van der Waals surface area (Å²) in [6, 6.07) is 1.62. The van der Waals surface area contributed by atoms with Crippen molar-refractivity contribution in [3.8, 4) is 6.07 Å². The first kappa shape index (κ1) is 9.99. The van der Waals surface area contributed by atoms with Gasteiger partial charge in [-0.2, -0.15) is 5.26 Å². The minimum atomic E-state index is -0.663. The highest BCUT2D eigenvalue weighted by Gasteiger charge is 2.07. The summed E-state index contributed by atoms with van der Waals surface area (Å²) in [5, 5.41) is 8.29. The van der Waals surface area contributed by atoms with E-state index < -0.39 is 5.97 Å². The minimum absolute atomic E-state index is 0.167. The van der Waals surface area contributed by atoms with Gasteiger partial charge in [0.2, 0.25) is 0 Å². The number of nitrogens with zero attached hydrogens (tertiary/aromatic N) is 1. The molecule has 11 heavy (non-hydrogen) atoms. The largest absolute Gasteiger partial charge is 0.462 e. The van der Waals surface area contributed by atoms with Crippen molar-refractivity contribution in [1.29, 1.82) is 5.26 Å². The second-order valence-electron chi connectivity index (χ2n) is 1.77. The number of rotatable bonds is 3. The van der Waals surface area contributed by atoms with Crippen molar-refractivity contribution in [2.45, 2.75) is 13.3 Å². The van der Waals surface area contributed by atoms with E-state index in [0.717, 1.165) is 12.0 Å². The van der Waals surface area contributed by atoms with Gasteiger partial charge in [-0.25, -0.2) is 4.79 Å². The second kappa shape index (κ2) is 5.75. The molecular weight excluding hydrogens is 166 g/mol. The van der Waals surface area contributed by atoms with Crippen LogP contribution >= 0.6 is 11.6 Å². The van der Waals surface area contributed by atoms with E-state index >= 15 is 0 Å². The molecule has 0 aliphatic heterocycles. The Morgan fingerprint density at radius 1 is 1.82 bits per heavy atom. The van der Waals surface area contributed by atoms with Crippen LogP contribution < -0.4 is 0 Å². The monoisotopic (exact) mass is 173 g/mol. The van der Waals surface area contributed by atoms with Crippen LogP contribution in [0.3, 0.4) is 0 Å². The van der Waals surface area contributed by atoms with Crippen LogP contribution in [0.5, 0.6) is 0 Å². The van der Waals surface area contributed by atoms with E-state index in [2.05, 4.69) is 4.74 Å². The third-order valence-electron chi connectivity index (χ3n) is 0.887. The Bertz CT molecular complexity index is 205. The fourth-order valence-corrected chi connectivity index (χ4v) is 0.525. The molecule has 60 valence electrons. The van der Waals surface area contributed by atoms with Crippen molar-refractivity contribution >= 4 is 17.6 Å². The van der Waals surface area contributed by atoms with E-state index in [1.807, 2.05) is 6.92 Å². The first-order valence-electron chi connectivity index (χ1n) is 3.13. The Hall–Kier alpha value is -1.01. The second-order valence-corrected chi connectivity index (χ2v) is 1.99. The molecule has 0 bridgehead atoms. The molecular formula is C7H8ClNO2. The molecule has 0 unspecified atom stereocenters. The normalized spacial score (nSPS) is 10.5. The van der Waals surface area contributed by atoms with Crippen molar-refractivity contribution < 1.29 is 9.53 Å². The van der Waals surface area contributed by atoms with Crippen LogP contribution in [-0.4, -0.2) is 12.6 Å². The Balaban J connectivity index is 3.94. The van der Waals surface area contributed by atoms with Crippen molar-refractivity contribution in [2.24, 2.45) is 0 Å². The Morgan fingerprint density at radius 2 is 2.45 bits per heavy atom. The summed E-state index contributed by atoms with van der Waals surface area (Å²) in [5.41, 5.74) is 0.748. The van der Waals surface area contributed by atoms with Crippen LogP contribution in [0.4, 0.5) is 0 Å². The number of hydrogen-bond acceptors (Lipinski definition) is 3. The predicted octanol–water partition coefficient (Wildman–Crippen LogP) is 1.59. The molecule has 0 amide bonds.